The van der Waals surface area contributed by atoms with Gasteiger partial charge in [-0.1, -0.05) is 0 Å². The zero-order valence-electron chi connectivity index (χ0n) is 7.37. The lowest BCUT2D eigenvalue weighted by Gasteiger charge is -2.00. The number of H-pyrrole nitrogens is 1. The van der Waals surface area contributed by atoms with Crippen molar-refractivity contribution in [1.29, 1.82) is 0 Å². The number of nitrogens with zero attached hydrogens (tertiary/aromatic N) is 1. The highest BCUT2D eigenvalue weighted by atomic mass is 127. The second kappa shape index (κ2) is 3.56. The number of hydrogen-bond donors (Lipinski definition) is 1. The Balaban J connectivity index is 2.75. The maximum atomic E-state index is 11.4. The van der Waals surface area contributed by atoms with Gasteiger partial charge in [-0.25, -0.2) is 9.78 Å². The fraction of sp³-hybridized carbons (Fsp3) is 0.111. The summed E-state index contributed by atoms with van der Waals surface area (Å²) in [5, 5.41) is 0.819. The molecule has 0 radical (unpaired) electrons. The Morgan fingerprint density at radius 2 is 2.43 bits per heavy atom. The summed E-state index contributed by atoms with van der Waals surface area (Å²) in [4.78, 5) is 18.5. The van der Waals surface area contributed by atoms with Crippen LogP contribution in [0.5, 0.6) is 0 Å². The predicted molar refractivity (Wildman–Crippen MR) is 60.2 cm³/mol. The smallest absolute Gasteiger partial charge is 0.338 e. The normalized spacial score (nSPS) is 10.4. The van der Waals surface area contributed by atoms with Gasteiger partial charge >= 0.3 is 5.97 Å². The molecule has 0 spiro atoms. The first-order chi connectivity index (χ1) is 6.74. The lowest BCUT2D eigenvalue weighted by molar-refractivity contribution is 0.0603. The van der Waals surface area contributed by atoms with Crippen molar-refractivity contribution in [3.05, 3.63) is 27.6 Å². The van der Waals surface area contributed by atoms with E-state index in [4.69, 9.17) is 0 Å². The number of nitrogens with one attached hydrogen (secondary N) is 1. The van der Waals surface area contributed by atoms with Gasteiger partial charge < -0.3 is 9.72 Å². The summed E-state index contributed by atoms with van der Waals surface area (Å²) >= 11 is 2.15. The highest BCUT2D eigenvalue weighted by Gasteiger charge is 2.13. The minimum absolute atomic E-state index is 0.338. The molecule has 0 saturated carbocycles. The molecule has 14 heavy (non-hydrogen) atoms. The molecule has 0 amide bonds. The monoisotopic (exact) mass is 302 g/mol. The molecular formula is C9H7IN2O2. The second-order valence-electron chi connectivity index (χ2n) is 2.71. The third-order valence-corrected chi connectivity index (χ3v) is 2.78. The largest absolute Gasteiger partial charge is 0.465 e. The molecule has 0 saturated heterocycles. The quantitative estimate of drug-likeness (QED) is 0.647. The van der Waals surface area contributed by atoms with E-state index in [0.717, 1.165) is 8.96 Å². The highest BCUT2D eigenvalue weighted by Crippen LogP contribution is 2.22. The molecule has 2 aromatic heterocycles. The molecule has 0 fully saturated rings. The third kappa shape index (κ3) is 1.37. The Hall–Kier alpha value is -1.11. The van der Waals surface area contributed by atoms with E-state index in [0.29, 0.717) is 11.2 Å². The van der Waals surface area contributed by atoms with Gasteiger partial charge in [0.15, 0.2) is 0 Å². The van der Waals surface area contributed by atoms with E-state index in [-0.39, 0.29) is 5.97 Å². The number of pyridine rings is 1. The Labute approximate surface area is 93.8 Å². The Kier molecular flexibility index (Phi) is 2.40. The number of hydrogen-bond acceptors (Lipinski definition) is 3. The molecule has 0 aliphatic heterocycles. The third-order valence-electron chi connectivity index (χ3n) is 1.93. The molecule has 0 bridgehead atoms. The van der Waals surface area contributed by atoms with Crippen LogP contribution in [-0.4, -0.2) is 23.0 Å². The molecule has 2 aromatic rings. The number of esters is 1. The van der Waals surface area contributed by atoms with Gasteiger partial charge in [-0.2, -0.15) is 0 Å². The van der Waals surface area contributed by atoms with Crippen LogP contribution in [0.1, 0.15) is 10.4 Å². The van der Waals surface area contributed by atoms with E-state index in [1.807, 2.05) is 6.20 Å². The van der Waals surface area contributed by atoms with Crippen molar-refractivity contribution in [2.75, 3.05) is 7.11 Å². The molecule has 5 heteroatoms. The molecular weight excluding hydrogens is 295 g/mol. The van der Waals surface area contributed by atoms with E-state index in [2.05, 4.69) is 37.3 Å². The highest BCUT2D eigenvalue weighted by molar-refractivity contribution is 14.1. The molecule has 2 heterocycles. The molecule has 1 N–H and O–H groups in total. The number of methoxy groups -OCH3 is 1. The van der Waals surface area contributed by atoms with Crippen molar-refractivity contribution in [1.82, 2.24) is 9.97 Å². The van der Waals surface area contributed by atoms with Crippen LogP contribution in [0.2, 0.25) is 0 Å². The van der Waals surface area contributed by atoms with Crippen LogP contribution in [0.4, 0.5) is 0 Å². The van der Waals surface area contributed by atoms with Crippen molar-refractivity contribution in [3.63, 3.8) is 0 Å². The summed E-state index contributed by atoms with van der Waals surface area (Å²) in [5.74, 6) is -0.338. The summed E-state index contributed by atoms with van der Waals surface area (Å²) in [6, 6.07) is 1.66. The van der Waals surface area contributed by atoms with Gasteiger partial charge in [0.1, 0.15) is 5.65 Å². The average molecular weight is 302 g/mol. The number of aromatic amines is 1. The number of carbonyl (C=O) groups excluding carboxylic acids is 1. The van der Waals surface area contributed by atoms with Crippen LogP contribution >= 0.6 is 22.6 Å². The summed E-state index contributed by atoms with van der Waals surface area (Å²) in [6.07, 6.45) is 3.39. The van der Waals surface area contributed by atoms with E-state index in [9.17, 15) is 4.79 Å². The van der Waals surface area contributed by atoms with Crippen molar-refractivity contribution in [2.24, 2.45) is 0 Å². The molecule has 0 atom stereocenters. The van der Waals surface area contributed by atoms with Gasteiger partial charge in [-0.15, -0.1) is 0 Å². The Morgan fingerprint density at radius 1 is 1.64 bits per heavy atom. The van der Waals surface area contributed by atoms with Crippen LogP contribution in [0, 0.1) is 3.57 Å². The first kappa shape index (κ1) is 9.45. The van der Waals surface area contributed by atoms with E-state index in [1.165, 1.54) is 7.11 Å². The molecule has 72 valence electrons. The zero-order chi connectivity index (χ0) is 10.1. The van der Waals surface area contributed by atoms with Gasteiger partial charge in [0, 0.05) is 21.4 Å². The fourth-order valence-corrected chi connectivity index (χ4v) is 2.00. The van der Waals surface area contributed by atoms with Crippen molar-refractivity contribution >= 4 is 39.6 Å². The molecule has 0 aromatic carbocycles. The van der Waals surface area contributed by atoms with Gasteiger partial charge in [0.05, 0.1) is 12.7 Å². The summed E-state index contributed by atoms with van der Waals surface area (Å²) in [6.45, 7) is 0. The summed E-state index contributed by atoms with van der Waals surface area (Å²) in [5.41, 5.74) is 1.25. The van der Waals surface area contributed by atoms with Gasteiger partial charge in [-0.3, -0.25) is 0 Å². The molecule has 2 rings (SSSR count). The lowest BCUT2D eigenvalue weighted by atomic mass is 10.2. The van der Waals surface area contributed by atoms with E-state index >= 15 is 0 Å². The van der Waals surface area contributed by atoms with Gasteiger partial charge in [-0.05, 0) is 28.7 Å². The average Bonchev–Trinajstić information content (AvgIpc) is 2.59. The van der Waals surface area contributed by atoms with Crippen LogP contribution in [0.25, 0.3) is 11.0 Å². The van der Waals surface area contributed by atoms with Crippen molar-refractivity contribution in [2.45, 2.75) is 0 Å². The van der Waals surface area contributed by atoms with Crippen LogP contribution in [0.3, 0.4) is 0 Å². The van der Waals surface area contributed by atoms with E-state index in [1.54, 1.807) is 12.3 Å². The predicted octanol–water partition coefficient (Wildman–Crippen LogP) is 1.95. The standard InChI is InChI=1S/C9H7IN2O2/c1-14-9(13)5-2-3-11-8-7(5)6(10)4-12-8/h2-4H,1H3,(H,11,12). The summed E-state index contributed by atoms with van der Waals surface area (Å²) in [7, 11) is 1.37. The minimum Gasteiger partial charge on any atom is -0.465 e. The maximum Gasteiger partial charge on any atom is 0.338 e. The number of rotatable bonds is 1. The number of carbonyl (C=O) groups is 1. The lowest BCUT2D eigenvalue weighted by Crippen LogP contribution is -2.02. The second-order valence-corrected chi connectivity index (χ2v) is 3.87. The first-order valence-electron chi connectivity index (χ1n) is 3.94. The van der Waals surface area contributed by atoms with Gasteiger partial charge in [0.2, 0.25) is 0 Å². The Bertz CT molecular complexity index is 493. The number of halogens is 1. The molecule has 0 unspecified atom stereocenters. The van der Waals surface area contributed by atoms with Crippen molar-refractivity contribution < 1.29 is 9.53 Å². The van der Waals surface area contributed by atoms with Crippen LogP contribution in [-0.2, 0) is 4.74 Å². The zero-order valence-corrected chi connectivity index (χ0v) is 9.53. The number of ether oxygens (including phenoxy) is 1. The van der Waals surface area contributed by atoms with Gasteiger partial charge in [0.25, 0.3) is 0 Å². The van der Waals surface area contributed by atoms with Crippen molar-refractivity contribution in [3.8, 4) is 0 Å². The molecule has 0 aliphatic rings. The molecule has 4 nitrogen and oxygen atoms in total. The van der Waals surface area contributed by atoms with E-state index < -0.39 is 0 Å². The van der Waals surface area contributed by atoms with Crippen LogP contribution in [0.15, 0.2) is 18.5 Å². The van der Waals surface area contributed by atoms with Crippen LogP contribution < -0.4 is 0 Å². The first-order valence-corrected chi connectivity index (χ1v) is 5.02. The minimum atomic E-state index is -0.338. The Morgan fingerprint density at radius 3 is 3.14 bits per heavy atom. The SMILES string of the molecule is COC(=O)c1ccnc2[nH]cc(I)c12. The number of fused-ring (bicyclic) bond motifs is 1. The summed E-state index contributed by atoms with van der Waals surface area (Å²) < 4.78 is 5.65. The fourth-order valence-electron chi connectivity index (χ4n) is 1.30. The number of aromatic nitrogens is 2. The molecule has 0 aliphatic carbocycles. The maximum absolute atomic E-state index is 11.4. The topological polar surface area (TPSA) is 55.0 Å².